The number of benzene rings is 3. The van der Waals surface area contributed by atoms with Crippen LogP contribution in [0.2, 0.25) is 5.02 Å². The molecule has 1 atom stereocenters. The Labute approximate surface area is 212 Å². The molecule has 3 aromatic carbocycles. The van der Waals surface area contributed by atoms with E-state index in [1.807, 2.05) is 80.6 Å². The quantitative estimate of drug-likeness (QED) is 0.274. The molecule has 4 heteroatoms. The fraction of sp³-hybridized carbons (Fsp3) is 0.258. The van der Waals surface area contributed by atoms with Gasteiger partial charge in [-0.15, -0.1) is 0 Å². The molecule has 0 radical (unpaired) electrons. The van der Waals surface area contributed by atoms with Crippen molar-refractivity contribution in [3.63, 3.8) is 0 Å². The molecule has 180 valence electrons. The first kappa shape index (κ1) is 25.1. The molecule has 0 aliphatic rings. The molecule has 0 saturated heterocycles. The third kappa shape index (κ3) is 7.02. The lowest BCUT2D eigenvalue weighted by Crippen LogP contribution is -2.22. The van der Waals surface area contributed by atoms with E-state index in [0.29, 0.717) is 17.9 Å². The van der Waals surface area contributed by atoms with E-state index in [2.05, 4.69) is 30.1 Å². The molecule has 4 aromatic rings. The van der Waals surface area contributed by atoms with E-state index >= 15 is 0 Å². The summed E-state index contributed by atoms with van der Waals surface area (Å²) < 4.78 is 0. The number of rotatable bonds is 8. The zero-order valence-corrected chi connectivity index (χ0v) is 21.3. The predicted molar refractivity (Wildman–Crippen MR) is 147 cm³/mol. The van der Waals surface area contributed by atoms with Gasteiger partial charge >= 0.3 is 0 Å². The lowest BCUT2D eigenvalue weighted by atomic mass is 9.90. The molecule has 0 aliphatic heterocycles. The number of hydrogen-bond donors (Lipinski definition) is 2. The smallest absolute Gasteiger partial charge is 0.0793 e. The van der Waals surface area contributed by atoms with Crippen LogP contribution < -0.4 is 0 Å². The van der Waals surface area contributed by atoms with Gasteiger partial charge in [-0.25, -0.2) is 4.98 Å². The Bertz CT molecular complexity index is 1350. The van der Waals surface area contributed by atoms with E-state index in [4.69, 9.17) is 11.6 Å². The summed E-state index contributed by atoms with van der Waals surface area (Å²) in [4.78, 5) is 4.67. The molecule has 0 aliphatic carbocycles. The Morgan fingerprint density at radius 1 is 0.943 bits per heavy atom. The lowest BCUT2D eigenvalue weighted by Gasteiger charge is -2.20. The number of nitrogens with zero attached hydrogens (tertiary/aromatic N) is 1. The maximum Gasteiger partial charge on any atom is 0.0793 e. The summed E-state index contributed by atoms with van der Waals surface area (Å²) in [6.45, 7) is 5.72. The minimum atomic E-state index is -0.770. The van der Waals surface area contributed by atoms with E-state index in [0.717, 1.165) is 39.7 Å². The summed E-state index contributed by atoms with van der Waals surface area (Å²) in [7, 11) is 0. The van der Waals surface area contributed by atoms with Crippen LogP contribution in [-0.4, -0.2) is 20.8 Å². The number of aliphatic hydroxyl groups is 2. The van der Waals surface area contributed by atoms with Gasteiger partial charge in [0.2, 0.25) is 0 Å². The molecule has 0 bridgehead atoms. The summed E-state index contributed by atoms with van der Waals surface area (Å²) in [6, 6.07) is 24.0. The number of halogens is 1. The van der Waals surface area contributed by atoms with Crippen LogP contribution in [0.15, 0.2) is 72.8 Å². The van der Waals surface area contributed by atoms with Gasteiger partial charge in [-0.2, -0.15) is 0 Å². The minimum absolute atomic E-state index is 0.569. The van der Waals surface area contributed by atoms with Crippen molar-refractivity contribution >= 4 is 34.7 Å². The molecule has 0 amide bonds. The van der Waals surface area contributed by atoms with Crippen LogP contribution in [0.3, 0.4) is 0 Å². The fourth-order valence-electron chi connectivity index (χ4n) is 4.34. The molecule has 1 unspecified atom stereocenters. The van der Waals surface area contributed by atoms with E-state index in [9.17, 15) is 10.2 Å². The zero-order valence-electron chi connectivity index (χ0n) is 20.5. The fourth-order valence-corrected chi connectivity index (χ4v) is 4.50. The number of aromatic nitrogens is 1. The Kier molecular flexibility index (Phi) is 7.71. The van der Waals surface area contributed by atoms with Crippen molar-refractivity contribution in [3.8, 4) is 0 Å². The Morgan fingerprint density at radius 3 is 2.54 bits per heavy atom. The third-order valence-corrected chi connectivity index (χ3v) is 6.32. The molecule has 1 heterocycles. The molecule has 0 spiro atoms. The van der Waals surface area contributed by atoms with Gasteiger partial charge in [-0.3, -0.25) is 0 Å². The number of fused-ring (bicyclic) bond motifs is 1. The molecule has 4 rings (SSSR count). The van der Waals surface area contributed by atoms with Crippen molar-refractivity contribution in [2.45, 2.75) is 51.7 Å². The Balaban J connectivity index is 1.45. The number of hydrogen-bond acceptors (Lipinski definition) is 3. The van der Waals surface area contributed by atoms with Crippen molar-refractivity contribution in [3.05, 3.63) is 111 Å². The van der Waals surface area contributed by atoms with Gasteiger partial charge in [0.15, 0.2) is 0 Å². The molecular formula is C31H32ClNO2. The lowest BCUT2D eigenvalue weighted by molar-refractivity contribution is 0.0807. The van der Waals surface area contributed by atoms with Gasteiger partial charge in [-0.1, -0.05) is 71.8 Å². The first-order chi connectivity index (χ1) is 16.7. The van der Waals surface area contributed by atoms with Crippen LogP contribution >= 0.6 is 11.6 Å². The van der Waals surface area contributed by atoms with Crippen molar-refractivity contribution in [2.75, 3.05) is 0 Å². The second kappa shape index (κ2) is 10.7. The Hall–Kier alpha value is -2.98. The molecule has 2 N–H and O–H groups in total. The highest BCUT2D eigenvalue weighted by molar-refractivity contribution is 6.31. The minimum Gasteiger partial charge on any atom is -0.390 e. The number of pyridine rings is 1. The SMILES string of the molecule is Cc1ccc(CCC(O)c2cccc(/C=C/c3ccc4ccc(Cl)cc4n3)c2)c(CC(C)(C)O)c1. The molecule has 35 heavy (non-hydrogen) atoms. The summed E-state index contributed by atoms with van der Waals surface area (Å²) >= 11 is 6.11. The normalized spacial score (nSPS) is 13.0. The van der Waals surface area contributed by atoms with Gasteiger partial charge in [0, 0.05) is 16.8 Å². The van der Waals surface area contributed by atoms with E-state index in [1.54, 1.807) is 0 Å². The summed E-state index contributed by atoms with van der Waals surface area (Å²) in [6.07, 6.45) is 5.37. The van der Waals surface area contributed by atoms with Gasteiger partial charge in [0.1, 0.15) is 0 Å². The first-order valence-electron chi connectivity index (χ1n) is 12.0. The van der Waals surface area contributed by atoms with Crippen molar-refractivity contribution in [2.24, 2.45) is 0 Å². The zero-order chi connectivity index (χ0) is 25.0. The van der Waals surface area contributed by atoms with Gasteiger partial charge in [0.25, 0.3) is 0 Å². The highest BCUT2D eigenvalue weighted by Crippen LogP contribution is 2.25. The maximum atomic E-state index is 10.9. The average molecular weight is 486 g/mol. The van der Waals surface area contributed by atoms with E-state index in [1.165, 1.54) is 11.1 Å². The van der Waals surface area contributed by atoms with E-state index in [-0.39, 0.29) is 0 Å². The van der Waals surface area contributed by atoms with Gasteiger partial charge in [0.05, 0.1) is 22.9 Å². The molecular weight excluding hydrogens is 454 g/mol. The molecule has 1 aromatic heterocycles. The first-order valence-corrected chi connectivity index (χ1v) is 12.4. The second-order valence-electron chi connectivity index (χ2n) is 9.89. The highest BCUT2D eigenvalue weighted by Gasteiger charge is 2.17. The monoisotopic (exact) mass is 485 g/mol. The van der Waals surface area contributed by atoms with Gasteiger partial charge in [-0.05, 0) is 86.2 Å². The summed E-state index contributed by atoms with van der Waals surface area (Å²) in [5.41, 5.74) is 6.34. The standard InChI is InChI=1S/C31H32ClNO2/c1-21-7-9-23(26(17-21)20-31(2,3)35)12-16-30(34)25-6-4-5-22(18-25)8-14-28-15-11-24-10-13-27(32)19-29(24)33-28/h4-11,13-15,17-19,30,34-35H,12,16,20H2,1-3H3/b14-8+. The van der Waals surface area contributed by atoms with Crippen molar-refractivity contribution < 1.29 is 10.2 Å². The highest BCUT2D eigenvalue weighted by atomic mass is 35.5. The largest absolute Gasteiger partial charge is 0.390 e. The molecule has 0 fully saturated rings. The summed E-state index contributed by atoms with van der Waals surface area (Å²) in [5, 5.41) is 22.9. The van der Waals surface area contributed by atoms with Crippen LogP contribution in [0, 0.1) is 6.92 Å². The Morgan fingerprint density at radius 2 is 1.74 bits per heavy atom. The van der Waals surface area contributed by atoms with Gasteiger partial charge < -0.3 is 10.2 Å². The maximum absolute atomic E-state index is 10.9. The third-order valence-electron chi connectivity index (χ3n) is 6.09. The van der Waals surface area contributed by atoms with Crippen molar-refractivity contribution in [1.29, 1.82) is 0 Å². The molecule has 3 nitrogen and oxygen atoms in total. The summed E-state index contributed by atoms with van der Waals surface area (Å²) in [5.74, 6) is 0. The topological polar surface area (TPSA) is 53.4 Å². The molecule has 0 saturated carbocycles. The number of aryl methyl sites for hydroxylation is 2. The number of aliphatic hydroxyl groups excluding tert-OH is 1. The van der Waals surface area contributed by atoms with Crippen LogP contribution in [0.4, 0.5) is 0 Å². The van der Waals surface area contributed by atoms with Crippen LogP contribution in [-0.2, 0) is 12.8 Å². The second-order valence-corrected chi connectivity index (χ2v) is 10.3. The average Bonchev–Trinajstić information content (AvgIpc) is 2.81. The van der Waals surface area contributed by atoms with E-state index < -0.39 is 11.7 Å². The predicted octanol–water partition coefficient (Wildman–Crippen LogP) is 7.35. The van der Waals surface area contributed by atoms with Crippen LogP contribution in [0.1, 0.15) is 59.9 Å². The van der Waals surface area contributed by atoms with Crippen LogP contribution in [0.25, 0.3) is 23.1 Å². The van der Waals surface area contributed by atoms with Crippen molar-refractivity contribution in [1.82, 2.24) is 4.98 Å². The van der Waals surface area contributed by atoms with Crippen LogP contribution in [0.5, 0.6) is 0 Å².